The molecule has 0 saturated heterocycles. The topological polar surface area (TPSA) is 74.8 Å². The van der Waals surface area contributed by atoms with Crippen molar-refractivity contribution < 1.29 is 8.42 Å². The van der Waals surface area contributed by atoms with Gasteiger partial charge in [-0.3, -0.25) is 0 Å². The molecular formula is C9H16BrN3O2S. The van der Waals surface area contributed by atoms with E-state index in [1.54, 1.807) is 0 Å². The number of hydrogen-bond acceptors (Lipinski definition) is 3. The van der Waals surface area contributed by atoms with Crippen LogP contribution in [0.1, 0.15) is 26.7 Å². The van der Waals surface area contributed by atoms with Crippen molar-refractivity contribution in [3.8, 4) is 0 Å². The Morgan fingerprint density at radius 3 is 2.75 bits per heavy atom. The Labute approximate surface area is 104 Å². The molecule has 92 valence electrons. The number of hydrogen-bond donors (Lipinski definition) is 2. The fraction of sp³-hybridized carbons (Fsp3) is 0.667. The van der Waals surface area contributed by atoms with Gasteiger partial charge in [-0.25, -0.2) is 18.1 Å². The second-order valence-electron chi connectivity index (χ2n) is 3.87. The van der Waals surface area contributed by atoms with Gasteiger partial charge in [-0.1, -0.05) is 22.9 Å². The lowest BCUT2D eigenvalue weighted by Crippen LogP contribution is -2.45. The first kappa shape index (κ1) is 13.7. The van der Waals surface area contributed by atoms with E-state index in [0.29, 0.717) is 0 Å². The van der Waals surface area contributed by atoms with Crippen LogP contribution in [0, 0.1) is 0 Å². The first-order valence-corrected chi connectivity index (χ1v) is 7.62. The Balaban J connectivity index is 2.87. The molecule has 0 saturated carbocycles. The van der Waals surface area contributed by atoms with E-state index in [1.807, 2.05) is 13.8 Å². The molecule has 1 unspecified atom stereocenters. The second-order valence-corrected chi connectivity index (χ2v) is 6.32. The lowest BCUT2D eigenvalue weighted by Gasteiger charge is -2.28. The molecule has 1 aromatic rings. The van der Waals surface area contributed by atoms with Crippen LogP contribution in [-0.4, -0.2) is 29.3 Å². The Bertz CT molecular complexity index is 418. The molecule has 0 aliphatic heterocycles. The Kier molecular flexibility index (Phi) is 4.52. The number of aromatic amines is 1. The molecule has 0 fully saturated rings. The molecule has 0 amide bonds. The van der Waals surface area contributed by atoms with Gasteiger partial charge < -0.3 is 4.98 Å². The zero-order valence-electron chi connectivity index (χ0n) is 9.33. The van der Waals surface area contributed by atoms with Crippen LogP contribution < -0.4 is 4.72 Å². The molecule has 7 heteroatoms. The van der Waals surface area contributed by atoms with Crippen LogP contribution in [0.15, 0.2) is 17.6 Å². The van der Waals surface area contributed by atoms with E-state index in [9.17, 15) is 8.42 Å². The van der Waals surface area contributed by atoms with Crippen molar-refractivity contribution in [1.29, 1.82) is 0 Å². The zero-order valence-corrected chi connectivity index (χ0v) is 11.7. The second kappa shape index (κ2) is 5.29. The Morgan fingerprint density at radius 2 is 2.31 bits per heavy atom. The summed E-state index contributed by atoms with van der Waals surface area (Å²) in [7, 11) is -3.50. The van der Waals surface area contributed by atoms with E-state index >= 15 is 0 Å². The van der Waals surface area contributed by atoms with Crippen LogP contribution in [0.5, 0.6) is 0 Å². The molecule has 0 aliphatic rings. The fourth-order valence-corrected chi connectivity index (χ4v) is 3.57. The molecule has 5 nitrogen and oxygen atoms in total. The van der Waals surface area contributed by atoms with E-state index in [2.05, 4.69) is 30.6 Å². The predicted molar refractivity (Wildman–Crippen MR) is 66.0 cm³/mol. The molecule has 0 radical (unpaired) electrons. The average molecular weight is 310 g/mol. The summed E-state index contributed by atoms with van der Waals surface area (Å²) in [5, 5.41) is 0.852. The minimum Gasteiger partial charge on any atom is -0.335 e. The van der Waals surface area contributed by atoms with Crippen molar-refractivity contribution in [2.24, 2.45) is 0 Å². The fourth-order valence-electron chi connectivity index (χ4n) is 1.28. The molecule has 0 bridgehead atoms. The van der Waals surface area contributed by atoms with Crippen LogP contribution in [0.4, 0.5) is 0 Å². The smallest absolute Gasteiger partial charge is 0.258 e. The summed E-state index contributed by atoms with van der Waals surface area (Å²) in [6.45, 7) is 3.85. The summed E-state index contributed by atoms with van der Waals surface area (Å²) in [6, 6.07) is 0. The minimum absolute atomic E-state index is 0.0988. The number of nitrogens with one attached hydrogen (secondary N) is 2. The molecule has 16 heavy (non-hydrogen) atoms. The van der Waals surface area contributed by atoms with Crippen LogP contribution in [0.2, 0.25) is 0 Å². The van der Waals surface area contributed by atoms with E-state index in [1.165, 1.54) is 12.5 Å². The molecule has 2 N–H and O–H groups in total. The number of rotatable bonds is 6. The van der Waals surface area contributed by atoms with Crippen LogP contribution in [0.3, 0.4) is 0 Å². The molecule has 1 atom stereocenters. The van der Waals surface area contributed by atoms with E-state index in [0.717, 1.165) is 18.2 Å². The summed E-state index contributed by atoms with van der Waals surface area (Å²) >= 11 is 3.33. The quantitative estimate of drug-likeness (QED) is 0.784. The summed E-state index contributed by atoms with van der Waals surface area (Å²) in [6.07, 6.45) is 4.11. The Hall–Kier alpha value is -0.400. The highest BCUT2D eigenvalue weighted by Crippen LogP contribution is 2.19. The van der Waals surface area contributed by atoms with Crippen molar-refractivity contribution in [3.05, 3.63) is 12.5 Å². The van der Waals surface area contributed by atoms with Crippen molar-refractivity contribution in [1.82, 2.24) is 14.7 Å². The van der Waals surface area contributed by atoms with E-state index in [4.69, 9.17) is 0 Å². The van der Waals surface area contributed by atoms with Crippen molar-refractivity contribution >= 4 is 26.0 Å². The molecule has 0 aliphatic carbocycles. The largest absolute Gasteiger partial charge is 0.335 e. The van der Waals surface area contributed by atoms with Gasteiger partial charge in [0.2, 0.25) is 0 Å². The normalized spacial score (nSPS) is 15.9. The number of aromatic nitrogens is 2. The molecular weight excluding hydrogens is 294 g/mol. The number of imidazole rings is 1. The maximum Gasteiger partial charge on any atom is 0.258 e. The summed E-state index contributed by atoms with van der Waals surface area (Å²) in [5.74, 6) is 0. The summed E-state index contributed by atoms with van der Waals surface area (Å²) < 4.78 is 26.6. The van der Waals surface area contributed by atoms with Crippen molar-refractivity contribution in [2.75, 3.05) is 5.33 Å². The third kappa shape index (κ3) is 3.29. The summed E-state index contributed by atoms with van der Waals surface area (Å²) in [4.78, 5) is 6.30. The molecule has 0 aromatic carbocycles. The van der Waals surface area contributed by atoms with E-state index in [-0.39, 0.29) is 5.03 Å². The SMILES string of the molecule is CCC(C)(CCBr)NS(=O)(=O)c1cnc[nH]1. The number of nitrogens with zero attached hydrogens (tertiary/aromatic N) is 1. The van der Waals surface area contributed by atoms with Crippen molar-refractivity contribution in [2.45, 2.75) is 37.3 Å². The third-order valence-electron chi connectivity index (χ3n) is 2.57. The van der Waals surface area contributed by atoms with Gasteiger partial charge in [0.05, 0.1) is 12.5 Å². The molecule has 1 rings (SSSR count). The first-order valence-electron chi connectivity index (χ1n) is 5.02. The van der Waals surface area contributed by atoms with Gasteiger partial charge in [-0.15, -0.1) is 0 Å². The number of halogens is 1. The summed E-state index contributed by atoms with van der Waals surface area (Å²) in [5.41, 5.74) is -0.437. The van der Waals surface area contributed by atoms with Gasteiger partial charge in [-0.05, 0) is 19.8 Å². The van der Waals surface area contributed by atoms with Gasteiger partial charge in [-0.2, -0.15) is 0 Å². The van der Waals surface area contributed by atoms with Gasteiger partial charge in [0, 0.05) is 10.9 Å². The monoisotopic (exact) mass is 309 g/mol. The lowest BCUT2D eigenvalue weighted by atomic mass is 9.98. The molecule has 1 heterocycles. The highest BCUT2D eigenvalue weighted by atomic mass is 79.9. The zero-order chi connectivity index (χ0) is 12.2. The highest BCUT2D eigenvalue weighted by molar-refractivity contribution is 9.09. The van der Waals surface area contributed by atoms with Gasteiger partial charge in [0.1, 0.15) is 0 Å². The maximum absolute atomic E-state index is 11.9. The predicted octanol–water partition coefficient (Wildman–Crippen LogP) is 1.64. The highest BCUT2D eigenvalue weighted by Gasteiger charge is 2.29. The van der Waals surface area contributed by atoms with Gasteiger partial charge in [0.25, 0.3) is 10.0 Å². The Morgan fingerprint density at radius 1 is 1.62 bits per heavy atom. The standard InChI is InChI=1S/C9H16BrN3O2S/c1-3-9(2,4-5-10)13-16(14,15)8-6-11-7-12-8/h6-7,13H,3-5H2,1-2H3,(H,11,12). The molecule has 1 aromatic heterocycles. The van der Waals surface area contributed by atoms with Gasteiger partial charge >= 0.3 is 0 Å². The van der Waals surface area contributed by atoms with E-state index < -0.39 is 15.6 Å². The van der Waals surface area contributed by atoms with Crippen LogP contribution in [-0.2, 0) is 10.0 Å². The first-order chi connectivity index (χ1) is 7.43. The number of sulfonamides is 1. The maximum atomic E-state index is 11.9. The van der Waals surface area contributed by atoms with Crippen LogP contribution in [0.25, 0.3) is 0 Å². The minimum atomic E-state index is -3.50. The van der Waals surface area contributed by atoms with Gasteiger partial charge in [0.15, 0.2) is 5.03 Å². The number of alkyl halides is 1. The third-order valence-corrected chi connectivity index (χ3v) is 4.53. The average Bonchev–Trinajstić information content (AvgIpc) is 2.70. The number of H-pyrrole nitrogens is 1. The lowest BCUT2D eigenvalue weighted by molar-refractivity contribution is 0.392. The van der Waals surface area contributed by atoms with Crippen LogP contribution >= 0.6 is 15.9 Å². The van der Waals surface area contributed by atoms with Crippen molar-refractivity contribution in [3.63, 3.8) is 0 Å². The molecule has 0 spiro atoms.